The molecule has 21 heavy (non-hydrogen) atoms. The zero-order valence-corrected chi connectivity index (χ0v) is 13.8. The Bertz CT molecular complexity index is 415. The summed E-state index contributed by atoms with van der Waals surface area (Å²) in [6.45, 7) is 12.2. The number of rotatable bonds is 9. The van der Waals surface area contributed by atoms with Crippen molar-refractivity contribution >= 4 is 11.6 Å². The van der Waals surface area contributed by atoms with E-state index in [4.69, 9.17) is 0 Å². The molecule has 0 unspecified atom stereocenters. The molecule has 0 saturated carbocycles. The molecule has 0 heterocycles. The van der Waals surface area contributed by atoms with Crippen LogP contribution in [0.2, 0.25) is 0 Å². The number of hydrogen-bond donors (Lipinski definition) is 2. The van der Waals surface area contributed by atoms with Crippen molar-refractivity contribution in [3.05, 3.63) is 29.8 Å². The minimum Gasteiger partial charge on any atom is -0.363 e. The van der Waals surface area contributed by atoms with Gasteiger partial charge in [-0.1, -0.05) is 26.0 Å². The monoisotopic (exact) mass is 291 g/mol. The zero-order chi connectivity index (χ0) is 15.7. The molecular weight excluding hydrogens is 262 g/mol. The van der Waals surface area contributed by atoms with Gasteiger partial charge in [0.1, 0.15) is 0 Å². The summed E-state index contributed by atoms with van der Waals surface area (Å²) < 4.78 is 0. The molecule has 4 nitrogen and oxygen atoms in total. The van der Waals surface area contributed by atoms with Gasteiger partial charge in [-0.3, -0.25) is 4.79 Å². The van der Waals surface area contributed by atoms with E-state index in [9.17, 15) is 4.79 Å². The Labute approximate surface area is 128 Å². The Balaban J connectivity index is 2.56. The number of likely N-dealkylation sites (N-methyl/N-ethyl adjacent to an activating group) is 2. The lowest BCUT2D eigenvalue weighted by molar-refractivity contribution is -0.119. The second kappa shape index (κ2) is 9.40. The van der Waals surface area contributed by atoms with Gasteiger partial charge in [-0.05, 0) is 44.0 Å². The molecule has 1 aromatic rings. The number of carbonyl (C=O) groups is 1. The van der Waals surface area contributed by atoms with Crippen LogP contribution in [0.15, 0.2) is 24.3 Å². The Kier molecular flexibility index (Phi) is 7.83. The van der Waals surface area contributed by atoms with Crippen molar-refractivity contribution < 1.29 is 4.79 Å². The van der Waals surface area contributed by atoms with Gasteiger partial charge in [-0.25, -0.2) is 0 Å². The smallest absolute Gasteiger partial charge is 0.239 e. The summed E-state index contributed by atoms with van der Waals surface area (Å²) in [5.74, 6) is 0.735. The first-order chi connectivity index (χ1) is 10.1. The van der Waals surface area contributed by atoms with Crippen molar-refractivity contribution in [2.24, 2.45) is 5.92 Å². The van der Waals surface area contributed by atoms with Crippen LogP contribution in [0, 0.1) is 5.92 Å². The van der Waals surface area contributed by atoms with Crippen LogP contribution >= 0.6 is 0 Å². The first-order valence-corrected chi connectivity index (χ1v) is 7.88. The molecule has 1 amide bonds. The van der Waals surface area contributed by atoms with Crippen molar-refractivity contribution in [1.29, 1.82) is 0 Å². The standard InChI is InChI=1S/C17H29N3O/c1-5-19-17(21)13-20(6-2)16-9-7-15(8-10-16)12-18-11-14(3)4/h7-10,14,18H,5-6,11-13H2,1-4H3,(H,19,21). The van der Waals surface area contributed by atoms with Crippen molar-refractivity contribution in [2.45, 2.75) is 34.2 Å². The van der Waals surface area contributed by atoms with Gasteiger partial charge < -0.3 is 15.5 Å². The molecule has 0 bridgehead atoms. The molecule has 1 aromatic carbocycles. The molecule has 0 aliphatic carbocycles. The van der Waals surface area contributed by atoms with E-state index in [2.05, 4.69) is 60.6 Å². The summed E-state index contributed by atoms with van der Waals surface area (Å²) in [4.78, 5) is 13.8. The van der Waals surface area contributed by atoms with Crippen molar-refractivity contribution in [2.75, 3.05) is 31.1 Å². The van der Waals surface area contributed by atoms with Gasteiger partial charge in [-0.15, -0.1) is 0 Å². The highest BCUT2D eigenvalue weighted by Crippen LogP contribution is 2.15. The van der Waals surface area contributed by atoms with E-state index in [1.54, 1.807) is 0 Å². The van der Waals surface area contributed by atoms with Crippen LogP contribution < -0.4 is 15.5 Å². The number of nitrogens with one attached hydrogen (secondary N) is 2. The number of amides is 1. The lowest BCUT2D eigenvalue weighted by atomic mass is 10.1. The highest BCUT2D eigenvalue weighted by molar-refractivity contribution is 5.81. The lowest BCUT2D eigenvalue weighted by Gasteiger charge is -2.22. The largest absolute Gasteiger partial charge is 0.363 e. The first kappa shape index (κ1) is 17.5. The van der Waals surface area contributed by atoms with Crippen LogP contribution in [0.4, 0.5) is 5.69 Å². The maximum Gasteiger partial charge on any atom is 0.239 e. The second-order valence-electron chi connectivity index (χ2n) is 5.66. The van der Waals surface area contributed by atoms with E-state index >= 15 is 0 Å². The van der Waals surface area contributed by atoms with E-state index in [1.165, 1.54) is 5.56 Å². The van der Waals surface area contributed by atoms with E-state index in [0.717, 1.165) is 25.3 Å². The van der Waals surface area contributed by atoms with Crippen LogP contribution in [0.3, 0.4) is 0 Å². The highest BCUT2D eigenvalue weighted by Gasteiger charge is 2.09. The molecule has 0 atom stereocenters. The number of benzene rings is 1. The van der Waals surface area contributed by atoms with Crippen molar-refractivity contribution in [3.63, 3.8) is 0 Å². The predicted molar refractivity (Wildman–Crippen MR) is 89.6 cm³/mol. The summed E-state index contributed by atoms with van der Waals surface area (Å²) in [6, 6.07) is 8.44. The Hall–Kier alpha value is -1.55. The van der Waals surface area contributed by atoms with Crippen LogP contribution in [0.1, 0.15) is 33.3 Å². The SMILES string of the molecule is CCNC(=O)CN(CC)c1ccc(CNCC(C)C)cc1. The van der Waals surface area contributed by atoms with E-state index in [-0.39, 0.29) is 5.91 Å². The molecule has 0 aromatic heterocycles. The molecule has 118 valence electrons. The molecule has 4 heteroatoms. The summed E-state index contributed by atoms with van der Waals surface area (Å²) in [6.07, 6.45) is 0. The maximum absolute atomic E-state index is 11.7. The van der Waals surface area contributed by atoms with Crippen molar-refractivity contribution in [3.8, 4) is 0 Å². The van der Waals surface area contributed by atoms with E-state index in [1.807, 2.05) is 6.92 Å². The lowest BCUT2D eigenvalue weighted by Crippen LogP contribution is -2.37. The molecule has 1 rings (SSSR count). The molecule has 0 saturated heterocycles. The third kappa shape index (κ3) is 6.63. The van der Waals surface area contributed by atoms with Crippen LogP contribution in [-0.4, -0.2) is 32.1 Å². The molecule has 0 aliphatic rings. The number of anilines is 1. The first-order valence-electron chi connectivity index (χ1n) is 7.88. The Morgan fingerprint density at radius 2 is 1.86 bits per heavy atom. The molecule has 0 spiro atoms. The summed E-state index contributed by atoms with van der Waals surface area (Å²) in [5, 5.41) is 6.27. The fourth-order valence-corrected chi connectivity index (χ4v) is 2.14. The highest BCUT2D eigenvalue weighted by atomic mass is 16.2. The predicted octanol–water partition coefficient (Wildman–Crippen LogP) is 2.39. The van der Waals surface area contributed by atoms with Crippen LogP contribution in [0.25, 0.3) is 0 Å². The van der Waals surface area contributed by atoms with Gasteiger partial charge in [0, 0.05) is 25.3 Å². The quantitative estimate of drug-likeness (QED) is 0.734. The summed E-state index contributed by atoms with van der Waals surface area (Å²) in [5.41, 5.74) is 2.37. The molecular formula is C17H29N3O. The Morgan fingerprint density at radius 3 is 2.38 bits per heavy atom. The number of hydrogen-bond acceptors (Lipinski definition) is 3. The second-order valence-corrected chi connectivity index (χ2v) is 5.66. The summed E-state index contributed by atoms with van der Waals surface area (Å²) in [7, 11) is 0. The van der Waals surface area contributed by atoms with E-state index < -0.39 is 0 Å². The normalized spacial score (nSPS) is 10.7. The molecule has 0 radical (unpaired) electrons. The number of carbonyl (C=O) groups excluding carboxylic acids is 1. The van der Waals surface area contributed by atoms with Gasteiger partial charge >= 0.3 is 0 Å². The number of nitrogens with zero attached hydrogens (tertiary/aromatic N) is 1. The van der Waals surface area contributed by atoms with Gasteiger partial charge in [0.25, 0.3) is 0 Å². The fraction of sp³-hybridized carbons (Fsp3) is 0.588. The molecule has 0 fully saturated rings. The minimum atomic E-state index is 0.0713. The van der Waals surface area contributed by atoms with Gasteiger partial charge in [0.05, 0.1) is 6.54 Å². The fourth-order valence-electron chi connectivity index (χ4n) is 2.14. The average molecular weight is 291 g/mol. The topological polar surface area (TPSA) is 44.4 Å². The third-order valence-electron chi connectivity index (χ3n) is 3.27. The molecule has 0 aliphatic heterocycles. The maximum atomic E-state index is 11.7. The Morgan fingerprint density at radius 1 is 1.19 bits per heavy atom. The van der Waals surface area contributed by atoms with Crippen molar-refractivity contribution in [1.82, 2.24) is 10.6 Å². The van der Waals surface area contributed by atoms with Gasteiger partial charge in [0.15, 0.2) is 0 Å². The van der Waals surface area contributed by atoms with Crippen LogP contribution in [0.5, 0.6) is 0 Å². The van der Waals surface area contributed by atoms with E-state index in [0.29, 0.717) is 19.0 Å². The minimum absolute atomic E-state index is 0.0713. The zero-order valence-electron chi connectivity index (χ0n) is 13.8. The third-order valence-corrected chi connectivity index (χ3v) is 3.27. The summed E-state index contributed by atoms with van der Waals surface area (Å²) >= 11 is 0. The molecule has 2 N–H and O–H groups in total. The van der Waals surface area contributed by atoms with Gasteiger partial charge in [0.2, 0.25) is 5.91 Å². The average Bonchev–Trinajstić information content (AvgIpc) is 2.45. The van der Waals surface area contributed by atoms with Crippen LogP contribution in [-0.2, 0) is 11.3 Å². The van der Waals surface area contributed by atoms with Gasteiger partial charge in [-0.2, -0.15) is 0 Å².